The van der Waals surface area contributed by atoms with Crippen LogP contribution in [0.3, 0.4) is 0 Å². The maximum Gasteiger partial charge on any atom is 0.139 e. The molecule has 0 N–H and O–H groups in total. The van der Waals surface area contributed by atoms with E-state index in [9.17, 15) is 0 Å². The first-order valence-electron chi connectivity index (χ1n) is 12.4. The van der Waals surface area contributed by atoms with E-state index in [2.05, 4.69) is 57.3 Å². The average molecular weight is 465 g/mol. The average Bonchev–Trinajstić information content (AvgIpc) is 3.64. The van der Waals surface area contributed by atoms with Crippen molar-refractivity contribution in [3.05, 3.63) is 58.6 Å². The minimum absolute atomic E-state index is 0.192. The third-order valence-corrected chi connectivity index (χ3v) is 8.28. The number of imidazole rings is 1. The smallest absolute Gasteiger partial charge is 0.139 e. The van der Waals surface area contributed by atoms with Crippen LogP contribution in [-0.4, -0.2) is 63.4 Å². The monoisotopic (exact) mass is 464 g/mol. The van der Waals surface area contributed by atoms with Gasteiger partial charge in [0.15, 0.2) is 0 Å². The summed E-state index contributed by atoms with van der Waals surface area (Å²) in [4.78, 5) is 17.4. The van der Waals surface area contributed by atoms with E-state index in [-0.39, 0.29) is 6.04 Å². The van der Waals surface area contributed by atoms with Crippen LogP contribution in [0.15, 0.2) is 36.5 Å². The van der Waals surface area contributed by atoms with Gasteiger partial charge in [0.25, 0.3) is 0 Å². The fraction of sp³-hybridized carbons (Fsp3) is 0.538. The van der Waals surface area contributed by atoms with E-state index in [1.54, 1.807) is 0 Å². The summed E-state index contributed by atoms with van der Waals surface area (Å²) in [6, 6.07) is 11.9. The van der Waals surface area contributed by atoms with Crippen molar-refractivity contribution >= 4 is 23.1 Å². The summed E-state index contributed by atoms with van der Waals surface area (Å²) in [5.41, 5.74) is 4.38. The summed E-state index contributed by atoms with van der Waals surface area (Å²) >= 11 is 7.12. The second-order valence-electron chi connectivity index (χ2n) is 9.95. The van der Waals surface area contributed by atoms with E-state index in [1.807, 2.05) is 12.3 Å². The van der Waals surface area contributed by atoms with E-state index in [0.717, 1.165) is 68.0 Å². The molecule has 33 heavy (non-hydrogen) atoms. The maximum atomic E-state index is 7.12. The van der Waals surface area contributed by atoms with Crippen molar-refractivity contribution in [3.8, 4) is 0 Å². The molecule has 5 heterocycles. The highest BCUT2D eigenvalue weighted by Crippen LogP contribution is 2.43. The molecule has 6 rings (SSSR count). The number of piperidine rings is 1. The number of pyridine rings is 2. The van der Waals surface area contributed by atoms with Crippen molar-refractivity contribution in [3.63, 3.8) is 0 Å². The lowest BCUT2D eigenvalue weighted by Gasteiger charge is -2.39. The zero-order chi connectivity index (χ0) is 22.5. The van der Waals surface area contributed by atoms with Crippen LogP contribution in [0.4, 0.5) is 5.82 Å². The van der Waals surface area contributed by atoms with Gasteiger partial charge >= 0.3 is 0 Å². The van der Waals surface area contributed by atoms with Crippen LogP contribution in [0.5, 0.6) is 0 Å². The second kappa shape index (κ2) is 8.57. The van der Waals surface area contributed by atoms with Gasteiger partial charge in [-0.25, -0.2) is 4.98 Å². The summed E-state index contributed by atoms with van der Waals surface area (Å²) in [6.45, 7) is 6.52. The lowest BCUT2D eigenvalue weighted by Crippen LogP contribution is -2.47. The lowest BCUT2D eigenvalue weighted by atomic mass is 9.91. The van der Waals surface area contributed by atoms with Gasteiger partial charge in [-0.3, -0.25) is 19.2 Å². The van der Waals surface area contributed by atoms with E-state index < -0.39 is 0 Å². The highest BCUT2D eigenvalue weighted by atomic mass is 35.5. The summed E-state index contributed by atoms with van der Waals surface area (Å²) < 4.78 is 2.17. The quantitative estimate of drug-likeness (QED) is 0.550. The van der Waals surface area contributed by atoms with Crippen molar-refractivity contribution in [2.75, 3.05) is 38.1 Å². The van der Waals surface area contributed by atoms with Gasteiger partial charge < -0.3 is 4.90 Å². The van der Waals surface area contributed by atoms with E-state index >= 15 is 0 Å². The van der Waals surface area contributed by atoms with Crippen molar-refractivity contribution in [1.82, 2.24) is 24.2 Å². The van der Waals surface area contributed by atoms with Crippen LogP contribution in [0.25, 0.3) is 5.65 Å². The van der Waals surface area contributed by atoms with Gasteiger partial charge in [0, 0.05) is 38.4 Å². The molecule has 0 aromatic carbocycles. The third kappa shape index (κ3) is 3.82. The predicted octanol–water partition coefficient (Wildman–Crippen LogP) is 4.87. The number of aromatic nitrogens is 3. The molecule has 2 saturated heterocycles. The van der Waals surface area contributed by atoms with Crippen molar-refractivity contribution in [2.24, 2.45) is 0 Å². The SMILES string of the molecule is Cc1cccnc1[C@@H]1CCC[C@H](c2nc3cccc(N4CCN(C5CC5)CC4)n3c2Cl)N1C. The van der Waals surface area contributed by atoms with Gasteiger partial charge in [0.05, 0.1) is 23.5 Å². The van der Waals surface area contributed by atoms with Gasteiger partial charge in [-0.1, -0.05) is 23.7 Å². The number of aryl methyl sites for hydroxylation is 1. The van der Waals surface area contributed by atoms with Crippen LogP contribution in [0, 0.1) is 6.92 Å². The van der Waals surface area contributed by atoms with Crippen molar-refractivity contribution in [1.29, 1.82) is 0 Å². The molecule has 0 unspecified atom stereocenters. The Kier molecular flexibility index (Phi) is 5.55. The van der Waals surface area contributed by atoms with Crippen LogP contribution in [0.2, 0.25) is 5.15 Å². The number of hydrogen-bond donors (Lipinski definition) is 0. The molecule has 2 atom stereocenters. The molecule has 174 valence electrons. The molecule has 3 aromatic heterocycles. The Morgan fingerprint density at radius 3 is 2.39 bits per heavy atom. The van der Waals surface area contributed by atoms with E-state index in [1.165, 1.54) is 29.9 Å². The Hall–Kier alpha value is -2.15. The molecule has 0 amide bonds. The maximum absolute atomic E-state index is 7.12. The second-order valence-corrected chi connectivity index (χ2v) is 10.3. The largest absolute Gasteiger partial charge is 0.355 e. The zero-order valence-corrected chi connectivity index (χ0v) is 20.4. The number of piperazine rings is 1. The number of nitrogens with zero attached hydrogens (tertiary/aromatic N) is 6. The molecule has 0 bridgehead atoms. The highest BCUT2D eigenvalue weighted by Gasteiger charge is 2.35. The topological polar surface area (TPSA) is 39.9 Å². The number of rotatable bonds is 4. The molecule has 2 aliphatic heterocycles. The molecule has 1 saturated carbocycles. The van der Waals surface area contributed by atoms with Gasteiger partial charge in [-0.15, -0.1) is 0 Å². The Bertz CT molecular complexity index is 1150. The van der Waals surface area contributed by atoms with Gasteiger partial charge in [0.1, 0.15) is 16.6 Å². The van der Waals surface area contributed by atoms with Gasteiger partial charge in [-0.2, -0.15) is 0 Å². The Balaban J connectivity index is 1.31. The van der Waals surface area contributed by atoms with E-state index in [0.29, 0.717) is 6.04 Å². The number of anilines is 1. The normalized spacial score (nSPS) is 25.1. The molecular weight excluding hydrogens is 432 g/mol. The van der Waals surface area contributed by atoms with Crippen molar-refractivity contribution < 1.29 is 0 Å². The fourth-order valence-corrected chi connectivity index (χ4v) is 6.25. The standard InChI is InChI=1S/C26H33ClN6/c1-18-6-5-13-28-24(18)20-7-3-8-21(30(20)2)25-26(27)33-22(29-25)9-4-10-23(33)32-16-14-31(15-17-32)19-11-12-19/h4-6,9-10,13,19-21H,3,7-8,11-12,14-17H2,1-2H3/t20-,21+/m0/s1. The molecule has 3 aliphatic rings. The molecule has 6 nitrogen and oxygen atoms in total. The summed E-state index contributed by atoms with van der Waals surface area (Å²) in [6.07, 6.45) is 7.99. The zero-order valence-electron chi connectivity index (χ0n) is 19.6. The Morgan fingerprint density at radius 1 is 0.909 bits per heavy atom. The van der Waals surface area contributed by atoms with Crippen molar-refractivity contribution in [2.45, 2.75) is 57.2 Å². The molecule has 0 radical (unpaired) electrons. The molecule has 0 spiro atoms. The van der Waals surface area contributed by atoms with Crippen LogP contribution < -0.4 is 4.90 Å². The molecule has 3 fully saturated rings. The summed E-state index contributed by atoms with van der Waals surface area (Å²) in [7, 11) is 2.21. The Labute approximate surface area is 201 Å². The minimum atomic E-state index is 0.192. The lowest BCUT2D eigenvalue weighted by molar-refractivity contribution is 0.109. The number of fused-ring (bicyclic) bond motifs is 1. The number of hydrogen-bond acceptors (Lipinski definition) is 5. The fourth-order valence-electron chi connectivity index (χ4n) is 5.91. The van der Waals surface area contributed by atoms with Crippen LogP contribution >= 0.6 is 11.6 Å². The number of halogens is 1. The van der Waals surface area contributed by atoms with Crippen LogP contribution in [-0.2, 0) is 0 Å². The minimum Gasteiger partial charge on any atom is -0.355 e. The predicted molar refractivity (Wildman–Crippen MR) is 133 cm³/mol. The molecular formula is C26H33ClN6. The Morgan fingerprint density at radius 2 is 1.67 bits per heavy atom. The van der Waals surface area contributed by atoms with Gasteiger partial charge in [0.2, 0.25) is 0 Å². The summed E-state index contributed by atoms with van der Waals surface area (Å²) in [5.74, 6) is 1.17. The van der Waals surface area contributed by atoms with Gasteiger partial charge in [-0.05, 0) is 69.8 Å². The summed E-state index contributed by atoms with van der Waals surface area (Å²) in [5, 5.41) is 0.764. The number of likely N-dealkylation sites (tertiary alicyclic amines) is 1. The molecule has 7 heteroatoms. The molecule has 1 aliphatic carbocycles. The first-order chi connectivity index (χ1) is 16.1. The first-order valence-corrected chi connectivity index (χ1v) is 12.8. The van der Waals surface area contributed by atoms with Crippen LogP contribution in [0.1, 0.15) is 61.1 Å². The third-order valence-electron chi connectivity index (χ3n) is 7.91. The highest BCUT2D eigenvalue weighted by molar-refractivity contribution is 6.30. The van der Waals surface area contributed by atoms with E-state index in [4.69, 9.17) is 21.6 Å². The first kappa shape index (κ1) is 21.4. The molecule has 3 aromatic rings.